The van der Waals surface area contributed by atoms with E-state index in [2.05, 4.69) is 21.3 Å². The van der Waals surface area contributed by atoms with E-state index in [9.17, 15) is 26.4 Å². The van der Waals surface area contributed by atoms with Crippen LogP contribution in [0.15, 0.2) is 131 Å². The summed E-state index contributed by atoms with van der Waals surface area (Å²) in [6, 6.07) is 29.3. The molecule has 246 valence electrons. The average molecular weight is 687 g/mol. The number of rotatable bonds is 10. The summed E-state index contributed by atoms with van der Waals surface area (Å²) in [5, 5.41) is 10.6. The van der Waals surface area contributed by atoms with E-state index in [1.54, 1.807) is 48.5 Å². The maximum Gasteiger partial charge on any atom is 0.339 e. The molecular formula is C34H30N4O8S2. The highest BCUT2D eigenvalue weighted by molar-refractivity contribution is 7.87. The van der Waals surface area contributed by atoms with Gasteiger partial charge in [-0.25, -0.2) is 9.59 Å². The fourth-order valence-corrected chi connectivity index (χ4v) is 6.08. The number of para-hydroxylation sites is 2. The molecule has 0 spiro atoms. The molecule has 0 aliphatic rings. The predicted molar refractivity (Wildman–Crippen MR) is 183 cm³/mol. The quantitative estimate of drug-likeness (QED) is 0.113. The lowest BCUT2D eigenvalue weighted by Gasteiger charge is -2.14. The maximum atomic E-state index is 12.7. The highest BCUT2D eigenvalue weighted by atomic mass is 32.2. The van der Waals surface area contributed by atoms with Gasteiger partial charge in [-0.3, -0.25) is 0 Å². The van der Waals surface area contributed by atoms with Gasteiger partial charge < -0.3 is 29.6 Å². The topological polar surface area (TPSA) is 169 Å². The number of aryl methyl sites for hydroxylation is 2. The smallest absolute Gasteiger partial charge is 0.339 e. The van der Waals surface area contributed by atoms with Gasteiger partial charge >= 0.3 is 32.3 Å². The van der Waals surface area contributed by atoms with Crippen molar-refractivity contribution in [3.63, 3.8) is 0 Å². The van der Waals surface area contributed by atoms with Crippen LogP contribution in [0.5, 0.6) is 11.5 Å². The van der Waals surface area contributed by atoms with Crippen molar-refractivity contribution in [2.24, 2.45) is 0 Å². The second kappa shape index (κ2) is 14.3. The van der Waals surface area contributed by atoms with Crippen molar-refractivity contribution >= 4 is 55.0 Å². The van der Waals surface area contributed by atoms with Crippen LogP contribution in [0.4, 0.5) is 32.3 Å². The highest BCUT2D eigenvalue weighted by Crippen LogP contribution is 2.25. The summed E-state index contributed by atoms with van der Waals surface area (Å²) in [5.41, 5.74) is 3.12. The van der Waals surface area contributed by atoms with Crippen molar-refractivity contribution in [2.75, 3.05) is 21.3 Å². The summed E-state index contributed by atoms with van der Waals surface area (Å²) >= 11 is 0. The van der Waals surface area contributed by atoms with E-state index >= 15 is 0 Å². The van der Waals surface area contributed by atoms with Crippen LogP contribution in [0.25, 0.3) is 0 Å². The van der Waals surface area contributed by atoms with E-state index in [1.807, 2.05) is 13.8 Å². The minimum Gasteiger partial charge on any atom is -0.379 e. The summed E-state index contributed by atoms with van der Waals surface area (Å²) in [6.07, 6.45) is 0. The molecule has 4 amide bonds. The molecule has 14 heteroatoms. The molecule has 0 unspecified atom stereocenters. The first kappa shape index (κ1) is 33.5. The Bertz CT molecular complexity index is 1980. The summed E-state index contributed by atoms with van der Waals surface area (Å²) in [5.74, 6) is 0.132. The summed E-state index contributed by atoms with van der Waals surface area (Å²) in [6.45, 7) is 3.69. The van der Waals surface area contributed by atoms with Crippen LogP contribution < -0.4 is 29.6 Å². The van der Waals surface area contributed by atoms with Gasteiger partial charge in [0, 0.05) is 11.4 Å². The minimum atomic E-state index is -4.03. The third-order valence-corrected chi connectivity index (χ3v) is 9.20. The Balaban J connectivity index is 1.14. The molecule has 0 heterocycles. The second-order valence-electron chi connectivity index (χ2n) is 10.5. The second-order valence-corrected chi connectivity index (χ2v) is 13.5. The highest BCUT2D eigenvalue weighted by Gasteiger charge is 2.18. The SMILES string of the molecule is Cc1ccc(S(=O)(=O)Oc2ccc(NC(=O)Nc3ccccc3NC(=O)Nc3ccc(OS(=O)(=O)c4ccc(C)cc4)cc3)cc2)cc1. The van der Waals surface area contributed by atoms with Crippen LogP contribution in [0.3, 0.4) is 0 Å². The molecule has 0 atom stereocenters. The van der Waals surface area contributed by atoms with Gasteiger partial charge in [0.2, 0.25) is 0 Å². The summed E-state index contributed by atoms with van der Waals surface area (Å²) in [7, 11) is -8.06. The third kappa shape index (κ3) is 8.90. The van der Waals surface area contributed by atoms with Crippen molar-refractivity contribution in [3.8, 4) is 11.5 Å². The first-order chi connectivity index (χ1) is 22.9. The molecule has 5 aromatic rings. The van der Waals surface area contributed by atoms with Crippen LogP contribution in [0.1, 0.15) is 11.1 Å². The van der Waals surface area contributed by atoms with Crippen molar-refractivity contribution in [1.29, 1.82) is 0 Å². The molecule has 0 aliphatic carbocycles. The Kier molecular flexibility index (Phi) is 9.96. The van der Waals surface area contributed by atoms with Gasteiger partial charge in [-0.15, -0.1) is 0 Å². The first-order valence-electron chi connectivity index (χ1n) is 14.3. The Morgan fingerprint density at radius 3 is 1.12 bits per heavy atom. The van der Waals surface area contributed by atoms with Crippen molar-refractivity contribution < 1.29 is 34.8 Å². The molecule has 0 saturated heterocycles. The van der Waals surface area contributed by atoms with Gasteiger partial charge in [0.15, 0.2) is 0 Å². The summed E-state index contributed by atoms with van der Waals surface area (Å²) in [4.78, 5) is 25.5. The third-order valence-electron chi connectivity index (χ3n) is 6.68. The minimum absolute atomic E-state index is 0.0188. The number of anilines is 4. The largest absolute Gasteiger partial charge is 0.379 e. The van der Waals surface area contributed by atoms with Crippen LogP contribution in [0, 0.1) is 13.8 Å². The average Bonchev–Trinajstić information content (AvgIpc) is 3.04. The molecule has 4 N–H and O–H groups in total. The molecule has 0 aromatic heterocycles. The van der Waals surface area contributed by atoms with Gasteiger partial charge in [-0.05, 0) is 98.8 Å². The standard InChI is InChI=1S/C34H30N4O8S2/c1-23-7-19-29(20-8-23)47(41,42)45-27-15-11-25(12-16-27)35-33(39)37-31-5-3-4-6-32(31)38-34(40)36-26-13-17-28(18-14-26)46-48(43,44)30-21-9-24(2)10-22-30/h3-22H,1-2H3,(H2,35,37,39)(H2,36,38,40). The number of carbonyl (C=O) groups is 2. The number of hydrogen-bond acceptors (Lipinski definition) is 8. The zero-order chi connectivity index (χ0) is 34.3. The number of carbonyl (C=O) groups excluding carboxylic acids is 2. The normalized spacial score (nSPS) is 11.2. The fourth-order valence-electron chi connectivity index (χ4n) is 4.22. The summed E-state index contributed by atoms with van der Waals surface area (Å²) < 4.78 is 60.5. The molecule has 0 saturated carbocycles. The van der Waals surface area contributed by atoms with E-state index in [1.165, 1.54) is 72.8 Å². The Hall–Kier alpha value is -5.86. The number of benzene rings is 5. The Morgan fingerprint density at radius 1 is 0.458 bits per heavy atom. The molecular weight excluding hydrogens is 657 g/mol. The van der Waals surface area contributed by atoms with Gasteiger partial charge in [-0.1, -0.05) is 47.5 Å². The lowest BCUT2D eigenvalue weighted by molar-refractivity contribution is 0.261. The Morgan fingerprint density at radius 2 is 0.792 bits per heavy atom. The van der Waals surface area contributed by atoms with Crippen LogP contribution >= 0.6 is 0 Å². The van der Waals surface area contributed by atoms with Crippen LogP contribution in [-0.4, -0.2) is 28.9 Å². The van der Waals surface area contributed by atoms with Crippen molar-refractivity contribution in [3.05, 3.63) is 132 Å². The van der Waals surface area contributed by atoms with Gasteiger partial charge in [0.1, 0.15) is 21.3 Å². The Labute approximate surface area is 278 Å². The molecule has 0 radical (unpaired) electrons. The number of urea groups is 2. The first-order valence-corrected chi connectivity index (χ1v) is 17.2. The predicted octanol–water partition coefficient (Wildman–Crippen LogP) is 7.13. The fraction of sp³-hybridized carbons (Fsp3) is 0.0588. The number of hydrogen-bond donors (Lipinski definition) is 4. The van der Waals surface area contributed by atoms with Crippen molar-refractivity contribution in [2.45, 2.75) is 23.6 Å². The van der Waals surface area contributed by atoms with Gasteiger partial charge in [0.05, 0.1) is 11.4 Å². The van der Waals surface area contributed by atoms with E-state index < -0.39 is 32.3 Å². The van der Waals surface area contributed by atoms with Gasteiger partial charge in [0.25, 0.3) is 0 Å². The van der Waals surface area contributed by atoms with Crippen LogP contribution in [0.2, 0.25) is 0 Å². The molecule has 0 bridgehead atoms. The van der Waals surface area contributed by atoms with Gasteiger partial charge in [-0.2, -0.15) is 16.8 Å². The van der Waals surface area contributed by atoms with Crippen molar-refractivity contribution in [1.82, 2.24) is 0 Å². The monoisotopic (exact) mass is 686 g/mol. The van der Waals surface area contributed by atoms with E-state index in [0.29, 0.717) is 22.7 Å². The number of nitrogens with one attached hydrogen (secondary N) is 4. The molecule has 0 fully saturated rings. The van der Waals surface area contributed by atoms with Crippen LogP contribution in [-0.2, 0) is 20.2 Å². The zero-order valence-corrected chi connectivity index (χ0v) is 27.3. The van der Waals surface area contributed by atoms with E-state index in [-0.39, 0.29) is 21.3 Å². The maximum absolute atomic E-state index is 12.7. The molecule has 0 aliphatic heterocycles. The van der Waals surface area contributed by atoms with E-state index in [4.69, 9.17) is 8.37 Å². The molecule has 5 aromatic carbocycles. The van der Waals surface area contributed by atoms with E-state index in [0.717, 1.165) is 11.1 Å². The molecule has 48 heavy (non-hydrogen) atoms. The lowest BCUT2D eigenvalue weighted by atomic mass is 10.2. The molecule has 5 rings (SSSR count). The number of amides is 4. The molecule has 12 nitrogen and oxygen atoms in total. The zero-order valence-electron chi connectivity index (χ0n) is 25.6. The lowest BCUT2D eigenvalue weighted by Crippen LogP contribution is -2.23.